The average molecular weight is 468 g/mol. The first-order valence-electron chi connectivity index (χ1n) is 11.9. The van der Waals surface area contributed by atoms with Crippen molar-refractivity contribution < 1.29 is 19.3 Å². The largest absolute Gasteiger partial charge is 0.439 e. The fourth-order valence-electron chi connectivity index (χ4n) is 3.75. The Balaban J connectivity index is 1.86. The summed E-state index contributed by atoms with van der Waals surface area (Å²) in [7, 11) is 3.58. The van der Waals surface area contributed by atoms with Gasteiger partial charge in [0.2, 0.25) is 5.88 Å². The first-order chi connectivity index (χ1) is 16.6. The van der Waals surface area contributed by atoms with E-state index in [0.29, 0.717) is 45.3 Å². The summed E-state index contributed by atoms with van der Waals surface area (Å²) in [4.78, 5) is 2.17. The number of para-hydroxylation sites is 1. The minimum atomic E-state index is -0.593. The van der Waals surface area contributed by atoms with Crippen LogP contribution >= 0.6 is 0 Å². The van der Waals surface area contributed by atoms with Gasteiger partial charge in [-0.15, -0.1) is 0 Å². The van der Waals surface area contributed by atoms with Crippen molar-refractivity contribution in [3.8, 4) is 22.9 Å². The van der Waals surface area contributed by atoms with E-state index in [2.05, 4.69) is 11.8 Å². The molecule has 0 aliphatic rings. The van der Waals surface area contributed by atoms with Gasteiger partial charge in [0, 0.05) is 46.0 Å². The third-order valence-electron chi connectivity index (χ3n) is 5.51. The second-order valence-corrected chi connectivity index (χ2v) is 8.35. The molecule has 0 fully saturated rings. The van der Waals surface area contributed by atoms with Crippen molar-refractivity contribution in [2.24, 2.45) is 7.05 Å². The molecule has 1 atom stereocenters. The van der Waals surface area contributed by atoms with Crippen LogP contribution in [0, 0.1) is 0 Å². The van der Waals surface area contributed by atoms with E-state index in [1.165, 1.54) is 0 Å². The second-order valence-electron chi connectivity index (χ2n) is 8.35. The molecule has 0 radical (unpaired) electrons. The lowest BCUT2D eigenvalue weighted by atomic mass is 10.1. The summed E-state index contributed by atoms with van der Waals surface area (Å²) in [6.07, 6.45) is 1.48. The number of hydrogen-bond acceptors (Lipinski definition) is 6. The van der Waals surface area contributed by atoms with Crippen LogP contribution in [0.25, 0.3) is 11.3 Å². The van der Waals surface area contributed by atoms with Gasteiger partial charge in [-0.2, -0.15) is 5.10 Å². The van der Waals surface area contributed by atoms with Crippen LogP contribution in [0.3, 0.4) is 0 Å². The molecule has 1 aromatic heterocycles. The predicted molar refractivity (Wildman–Crippen MR) is 134 cm³/mol. The third kappa shape index (κ3) is 7.67. The maximum Gasteiger partial charge on any atom is 0.222 e. The van der Waals surface area contributed by atoms with Crippen LogP contribution in [-0.4, -0.2) is 65.9 Å². The van der Waals surface area contributed by atoms with E-state index < -0.39 is 6.10 Å². The van der Waals surface area contributed by atoms with Crippen molar-refractivity contribution in [2.75, 3.05) is 40.0 Å². The first-order valence-corrected chi connectivity index (χ1v) is 11.9. The number of aryl methyl sites for hydroxylation is 1. The minimum Gasteiger partial charge on any atom is -0.439 e. The molecule has 0 aliphatic carbocycles. The Morgan fingerprint density at radius 2 is 1.74 bits per heavy atom. The van der Waals surface area contributed by atoms with Gasteiger partial charge in [0.1, 0.15) is 11.4 Å². The lowest BCUT2D eigenvalue weighted by molar-refractivity contribution is 0.0101. The Morgan fingerprint density at radius 1 is 1.03 bits per heavy atom. The average Bonchev–Trinajstić information content (AvgIpc) is 3.16. The van der Waals surface area contributed by atoms with Crippen LogP contribution in [0.4, 0.5) is 0 Å². The highest BCUT2D eigenvalue weighted by atomic mass is 16.5. The molecule has 0 unspecified atom stereocenters. The van der Waals surface area contributed by atoms with Crippen LogP contribution in [0.15, 0.2) is 60.7 Å². The smallest absolute Gasteiger partial charge is 0.222 e. The van der Waals surface area contributed by atoms with E-state index in [1.807, 2.05) is 67.7 Å². The molecule has 1 heterocycles. The van der Waals surface area contributed by atoms with Crippen molar-refractivity contribution >= 4 is 0 Å². The molecule has 0 aliphatic heterocycles. The van der Waals surface area contributed by atoms with E-state index >= 15 is 0 Å². The van der Waals surface area contributed by atoms with Gasteiger partial charge in [-0.3, -0.25) is 4.90 Å². The monoisotopic (exact) mass is 467 g/mol. The maximum absolute atomic E-state index is 10.6. The number of methoxy groups -OCH3 is 1. The van der Waals surface area contributed by atoms with Crippen LogP contribution in [0.1, 0.15) is 25.3 Å². The number of benzene rings is 2. The zero-order chi connectivity index (χ0) is 24.2. The lowest BCUT2D eigenvalue weighted by Gasteiger charge is -2.25. The summed E-state index contributed by atoms with van der Waals surface area (Å²) in [6.45, 7) is 5.34. The molecule has 0 saturated heterocycles. The Kier molecular flexibility index (Phi) is 10.6. The predicted octanol–water partition coefficient (Wildman–Crippen LogP) is 4.51. The van der Waals surface area contributed by atoms with Gasteiger partial charge in [0.25, 0.3) is 0 Å². The summed E-state index contributed by atoms with van der Waals surface area (Å²) >= 11 is 0. The molecule has 0 bridgehead atoms. The summed E-state index contributed by atoms with van der Waals surface area (Å²) < 4.78 is 19.1. The molecule has 0 spiro atoms. The molecule has 3 aromatic rings. The maximum atomic E-state index is 10.6. The van der Waals surface area contributed by atoms with Gasteiger partial charge in [-0.1, -0.05) is 61.9 Å². The zero-order valence-electron chi connectivity index (χ0n) is 20.5. The number of ether oxygens (including phenoxy) is 3. The lowest BCUT2D eigenvalue weighted by Crippen LogP contribution is -2.36. The van der Waals surface area contributed by atoms with E-state index in [9.17, 15) is 5.11 Å². The van der Waals surface area contributed by atoms with Gasteiger partial charge >= 0.3 is 0 Å². The number of rotatable bonds is 15. The van der Waals surface area contributed by atoms with Crippen molar-refractivity contribution in [3.63, 3.8) is 0 Å². The van der Waals surface area contributed by atoms with Crippen LogP contribution in [0.5, 0.6) is 11.6 Å². The SMILES string of the molecule is CCCCOC[C@@H](O)CN(CCOC)Cc1c(-c2ccccc2)nn(C)c1Oc1ccccc1. The fourth-order valence-corrected chi connectivity index (χ4v) is 3.75. The van der Waals surface area contributed by atoms with Gasteiger partial charge in [0.05, 0.1) is 24.9 Å². The Hall–Kier alpha value is -2.71. The number of hydrogen-bond donors (Lipinski definition) is 1. The van der Waals surface area contributed by atoms with Crippen molar-refractivity contribution in [1.82, 2.24) is 14.7 Å². The number of aliphatic hydroxyl groups excluding tert-OH is 1. The van der Waals surface area contributed by atoms with Gasteiger partial charge in [-0.25, -0.2) is 4.68 Å². The highest BCUT2D eigenvalue weighted by Gasteiger charge is 2.23. The molecule has 0 saturated carbocycles. The minimum absolute atomic E-state index is 0.315. The first kappa shape index (κ1) is 25.9. The Labute approximate surface area is 202 Å². The van der Waals surface area contributed by atoms with Crippen LogP contribution < -0.4 is 4.74 Å². The zero-order valence-corrected chi connectivity index (χ0v) is 20.5. The van der Waals surface area contributed by atoms with Gasteiger partial charge in [-0.05, 0) is 18.6 Å². The molecule has 3 rings (SSSR count). The van der Waals surface area contributed by atoms with Crippen molar-refractivity contribution in [1.29, 1.82) is 0 Å². The summed E-state index contributed by atoms with van der Waals surface area (Å²) in [5.41, 5.74) is 2.85. The number of aliphatic hydroxyl groups is 1. The standard InChI is InChI=1S/C27H37N3O4/c1-4-5-17-33-21-23(31)19-30(16-18-32-3)20-25-26(22-12-8-6-9-13-22)28-29(2)27(25)34-24-14-10-7-11-15-24/h6-15,23,31H,4-5,16-21H2,1-3H3/t23-/m0/s1. The van der Waals surface area contributed by atoms with Crippen molar-refractivity contribution in [3.05, 3.63) is 66.2 Å². The summed E-state index contributed by atoms with van der Waals surface area (Å²) in [5.74, 6) is 1.43. The molecule has 34 heavy (non-hydrogen) atoms. The topological polar surface area (TPSA) is 69.0 Å². The fraction of sp³-hybridized carbons (Fsp3) is 0.444. The molecule has 7 heteroatoms. The molecule has 0 amide bonds. The molecule has 2 aromatic carbocycles. The normalized spacial score (nSPS) is 12.3. The van der Waals surface area contributed by atoms with E-state index in [-0.39, 0.29) is 0 Å². The highest BCUT2D eigenvalue weighted by Crippen LogP contribution is 2.34. The Bertz CT molecular complexity index is 963. The highest BCUT2D eigenvalue weighted by molar-refractivity contribution is 5.65. The van der Waals surface area contributed by atoms with Crippen LogP contribution in [-0.2, 0) is 23.1 Å². The number of nitrogens with zero attached hydrogens (tertiary/aromatic N) is 3. The van der Waals surface area contributed by atoms with Gasteiger partial charge in [0.15, 0.2) is 0 Å². The van der Waals surface area contributed by atoms with Crippen LogP contribution in [0.2, 0.25) is 0 Å². The molecular weight excluding hydrogens is 430 g/mol. The number of aromatic nitrogens is 2. The van der Waals surface area contributed by atoms with E-state index in [4.69, 9.17) is 19.3 Å². The number of unbranched alkanes of at least 4 members (excludes halogenated alkanes) is 1. The van der Waals surface area contributed by atoms with E-state index in [1.54, 1.807) is 11.8 Å². The molecular formula is C27H37N3O4. The molecule has 7 nitrogen and oxygen atoms in total. The third-order valence-corrected chi connectivity index (χ3v) is 5.51. The second kappa shape index (κ2) is 13.9. The molecule has 184 valence electrons. The van der Waals surface area contributed by atoms with Gasteiger partial charge < -0.3 is 19.3 Å². The summed E-state index contributed by atoms with van der Waals surface area (Å²) in [6, 6.07) is 19.8. The van der Waals surface area contributed by atoms with E-state index in [0.717, 1.165) is 35.4 Å². The van der Waals surface area contributed by atoms with Crippen molar-refractivity contribution in [2.45, 2.75) is 32.4 Å². The Morgan fingerprint density at radius 3 is 2.41 bits per heavy atom. The summed E-state index contributed by atoms with van der Waals surface area (Å²) in [5, 5.41) is 15.4. The molecule has 1 N–H and O–H groups in total. The quantitative estimate of drug-likeness (QED) is 0.332.